The Bertz CT molecular complexity index is 4320. The lowest BCUT2D eigenvalue weighted by molar-refractivity contribution is 1.07. The molecule has 0 atom stereocenters. The fourth-order valence-electron chi connectivity index (χ4n) is 12.1. The van der Waals surface area contributed by atoms with Gasteiger partial charge in [-0.05, 0) is 160 Å². The van der Waals surface area contributed by atoms with Gasteiger partial charge in [-0.25, -0.2) is 15.0 Å². The van der Waals surface area contributed by atoms with Gasteiger partial charge in [0.05, 0.1) is 33.4 Å². The zero-order valence-corrected chi connectivity index (χ0v) is 43.4. The Balaban J connectivity index is 1.10. The van der Waals surface area contributed by atoms with Crippen LogP contribution in [0.4, 0.5) is 0 Å². The van der Waals surface area contributed by atoms with Crippen LogP contribution in [0.25, 0.3) is 123 Å². The van der Waals surface area contributed by atoms with Gasteiger partial charge in [-0.15, -0.1) is 0 Å². The molecule has 10 aromatic carbocycles. The lowest BCUT2D eigenvalue weighted by Gasteiger charge is -2.20. The zero-order valence-electron chi connectivity index (χ0n) is 43.4. The molecule has 0 radical (unpaired) electrons. The summed E-state index contributed by atoms with van der Waals surface area (Å²) in [6.45, 7) is 15.5. The summed E-state index contributed by atoms with van der Waals surface area (Å²) >= 11 is 0. The molecule has 3 heterocycles. The SMILES string of the molecule is Cc1cc(C)c(-c2ccc3c(c2)c2ccccc2n3-c2ccc(C)cc2-c2cc(-c3nc(-c4ccccc4)nc(-c4ccccc4)n3)ccc2-n2c3ccccc3c3cc(-c4c(C)cc(C)cc4C)ccc32)c(C)c1. The number of hydrogen-bond donors (Lipinski definition) is 0. The predicted octanol–water partition coefficient (Wildman–Crippen LogP) is 18.2. The highest BCUT2D eigenvalue weighted by atomic mass is 15.0. The topological polar surface area (TPSA) is 48.5 Å². The fraction of sp³-hybridized carbons (Fsp3) is 0.100. The standard InChI is InChI=1S/C70H55N5/c1-42-26-30-62(74-60-24-16-14-22-54(60)57-39-51(27-31-63(57)74)66-45(4)34-43(2)35-46(66)5)56(38-42)59-41-53(70-72-68(49-18-10-8-11-19-49)71-69(73-70)50-20-12-9-13-21-50)29-33-65(59)75-61-25-17-15-23-55(61)58-40-52(28-32-64(58)75)67-47(6)36-44(3)37-48(67)7/h8-41H,1-7H3. The molecule has 0 spiro atoms. The quantitative estimate of drug-likeness (QED) is 0.152. The smallest absolute Gasteiger partial charge is 0.164 e. The van der Waals surface area contributed by atoms with E-state index in [2.05, 4.69) is 227 Å². The maximum Gasteiger partial charge on any atom is 0.164 e. The molecule has 13 rings (SSSR count). The molecular formula is C70H55N5. The van der Waals surface area contributed by atoms with E-state index in [4.69, 9.17) is 15.0 Å². The van der Waals surface area contributed by atoms with E-state index in [0.29, 0.717) is 17.5 Å². The first-order valence-electron chi connectivity index (χ1n) is 25.9. The normalized spacial score (nSPS) is 11.7. The third kappa shape index (κ3) is 7.82. The Labute approximate surface area is 438 Å². The lowest BCUT2D eigenvalue weighted by atomic mass is 9.93. The van der Waals surface area contributed by atoms with Gasteiger partial charge in [0.25, 0.3) is 0 Å². The van der Waals surface area contributed by atoms with Gasteiger partial charge in [0.1, 0.15) is 0 Å². The van der Waals surface area contributed by atoms with Gasteiger partial charge >= 0.3 is 0 Å². The molecule has 5 nitrogen and oxygen atoms in total. The van der Waals surface area contributed by atoms with Crippen LogP contribution < -0.4 is 0 Å². The van der Waals surface area contributed by atoms with E-state index in [1.807, 2.05) is 36.4 Å². The third-order valence-corrected chi connectivity index (χ3v) is 15.2. The van der Waals surface area contributed by atoms with Crippen LogP contribution in [0.2, 0.25) is 0 Å². The Hall–Kier alpha value is -9.19. The van der Waals surface area contributed by atoms with Crippen LogP contribution in [-0.2, 0) is 0 Å². The number of benzene rings is 10. The monoisotopic (exact) mass is 965 g/mol. The molecule has 5 heteroatoms. The van der Waals surface area contributed by atoms with Crippen molar-refractivity contribution in [2.75, 3.05) is 0 Å². The zero-order chi connectivity index (χ0) is 51.1. The average molecular weight is 966 g/mol. The van der Waals surface area contributed by atoms with Crippen molar-refractivity contribution < 1.29 is 0 Å². The van der Waals surface area contributed by atoms with E-state index in [1.54, 1.807) is 0 Å². The molecule has 0 N–H and O–H groups in total. The van der Waals surface area contributed by atoms with Crippen LogP contribution >= 0.6 is 0 Å². The maximum absolute atomic E-state index is 5.27. The van der Waals surface area contributed by atoms with Crippen molar-refractivity contribution in [1.82, 2.24) is 24.1 Å². The molecule has 75 heavy (non-hydrogen) atoms. The van der Waals surface area contributed by atoms with E-state index in [9.17, 15) is 0 Å². The van der Waals surface area contributed by atoms with Gasteiger partial charge in [0.2, 0.25) is 0 Å². The molecule has 360 valence electrons. The molecule has 13 aromatic rings. The van der Waals surface area contributed by atoms with Crippen molar-refractivity contribution in [3.63, 3.8) is 0 Å². The van der Waals surface area contributed by atoms with Crippen molar-refractivity contribution >= 4 is 43.6 Å². The summed E-state index contributed by atoms with van der Waals surface area (Å²) in [5.74, 6) is 1.85. The first kappa shape index (κ1) is 45.7. The first-order valence-corrected chi connectivity index (χ1v) is 25.9. The van der Waals surface area contributed by atoms with E-state index < -0.39 is 0 Å². The highest BCUT2D eigenvalue weighted by molar-refractivity contribution is 6.13. The van der Waals surface area contributed by atoms with Gasteiger partial charge in [0, 0.05) is 49.4 Å². The van der Waals surface area contributed by atoms with Crippen molar-refractivity contribution in [3.8, 4) is 78.9 Å². The minimum atomic E-state index is 0.603. The van der Waals surface area contributed by atoms with Crippen molar-refractivity contribution in [2.24, 2.45) is 0 Å². The van der Waals surface area contributed by atoms with Crippen LogP contribution in [0.1, 0.15) is 38.9 Å². The number of hydrogen-bond acceptors (Lipinski definition) is 3. The highest BCUT2D eigenvalue weighted by Crippen LogP contribution is 2.44. The van der Waals surface area contributed by atoms with Gasteiger partial charge in [-0.2, -0.15) is 0 Å². The Morgan fingerprint density at radius 3 is 1.11 bits per heavy atom. The summed E-state index contributed by atoms with van der Waals surface area (Å²) in [5.41, 5.74) is 25.5. The largest absolute Gasteiger partial charge is 0.309 e. The molecule has 0 aliphatic carbocycles. The van der Waals surface area contributed by atoms with Crippen LogP contribution in [0.3, 0.4) is 0 Å². The Kier molecular flexibility index (Phi) is 11.0. The second-order valence-corrected chi connectivity index (χ2v) is 20.5. The summed E-state index contributed by atoms with van der Waals surface area (Å²) in [6.07, 6.45) is 0. The number of aryl methyl sites for hydroxylation is 7. The molecule has 0 aliphatic rings. The van der Waals surface area contributed by atoms with Crippen LogP contribution in [0.5, 0.6) is 0 Å². The lowest BCUT2D eigenvalue weighted by Crippen LogP contribution is -2.04. The third-order valence-electron chi connectivity index (χ3n) is 15.2. The molecule has 0 amide bonds. The van der Waals surface area contributed by atoms with Crippen molar-refractivity contribution in [3.05, 3.63) is 245 Å². The van der Waals surface area contributed by atoms with Crippen LogP contribution in [0, 0.1) is 48.5 Å². The summed E-state index contributed by atoms with van der Waals surface area (Å²) < 4.78 is 4.94. The molecule has 0 saturated carbocycles. The number of para-hydroxylation sites is 2. The van der Waals surface area contributed by atoms with E-state index >= 15 is 0 Å². The minimum absolute atomic E-state index is 0.603. The second kappa shape index (κ2) is 18.1. The molecule has 3 aromatic heterocycles. The molecular weight excluding hydrogens is 911 g/mol. The number of nitrogens with zero attached hydrogens (tertiary/aromatic N) is 5. The molecule has 0 saturated heterocycles. The van der Waals surface area contributed by atoms with Crippen molar-refractivity contribution in [2.45, 2.75) is 48.5 Å². The van der Waals surface area contributed by atoms with E-state index in [1.165, 1.54) is 77.2 Å². The second-order valence-electron chi connectivity index (χ2n) is 20.5. The molecule has 0 bridgehead atoms. The van der Waals surface area contributed by atoms with Gasteiger partial charge < -0.3 is 9.13 Å². The molecule has 0 aliphatic heterocycles. The fourth-order valence-corrected chi connectivity index (χ4v) is 12.1. The summed E-state index contributed by atoms with van der Waals surface area (Å²) in [6, 6.07) is 75.1. The molecule has 0 unspecified atom stereocenters. The molecule has 0 fully saturated rings. The minimum Gasteiger partial charge on any atom is -0.309 e. The number of aromatic nitrogens is 5. The van der Waals surface area contributed by atoms with E-state index in [0.717, 1.165) is 66.8 Å². The highest BCUT2D eigenvalue weighted by Gasteiger charge is 2.24. The van der Waals surface area contributed by atoms with Crippen molar-refractivity contribution in [1.29, 1.82) is 0 Å². The van der Waals surface area contributed by atoms with Gasteiger partial charge in [-0.3, -0.25) is 0 Å². The van der Waals surface area contributed by atoms with Gasteiger partial charge in [0.15, 0.2) is 17.5 Å². The summed E-state index contributed by atoms with van der Waals surface area (Å²) in [5, 5.41) is 4.83. The predicted molar refractivity (Wildman–Crippen MR) is 314 cm³/mol. The first-order chi connectivity index (χ1) is 36.6. The number of rotatable bonds is 8. The van der Waals surface area contributed by atoms with Crippen LogP contribution in [-0.4, -0.2) is 24.1 Å². The maximum atomic E-state index is 5.27. The van der Waals surface area contributed by atoms with Gasteiger partial charge in [-0.1, -0.05) is 156 Å². The average Bonchev–Trinajstić information content (AvgIpc) is 3.93. The Morgan fingerprint density at radius 2 is 0.640 bits per heavy atom. The number of fused-ring (bicyclic) bond motifs is 6. The summed E-state index contributed by atoms with van der Waals surface area (Å²) in [4.78, 5) is 15.6. The van der Waals surface area contributed by atoms with E-state index in [-0.39, 0.29) is 0 Å². The summed E-state index contributed by atoms with van der Waals surface area (Å²) in [7, 11) is 0. The van der Waals surface area contributed by atoms with Crippen LogP contribution in [0.15, 0.2) is 206 Å². The Morgan fingerprint density at radius 1 is 0.267 bits per heavy atom.